The second kappa shape index (κ2) is 7.60. The van der Waals surface area contributed by atoms with Crippen LogP contribution in [-0.2, 0) is 0 Å². The van der Waals surface area contributed by atoms with Crippen LogP contribution < -0.4 is 15.4 Å². The van der Waals surface area contributed by atoms with E-state index in [4.69, 9.17) is 16.3 Å². The van der Waals surface area contributed by atoms with Crippen LogP contribution >= 0.6 is 27.5 Å². The van der Waals surface area contributed by atoms with Gasteiger partial charge in [-0.05, 0) is 36.4 Å². The van der Waals surface area contributed by atoms with Crippen LogP contribution in [0.2, 0.25) is 5.02 Å². The Morgan fingerprint density at radius 1 is 1.13 bits per heavy atom. The lowest BCUT2D eigenvalue weighted by molar-refractivity contribution is 0.0960. The van der Waals surface area contributed by atoms with Crippen LogP contribution in [0.5, 0.6) is 5.75 Å². The molecule has 30 heavy (non-hydrogen) atoms. The number of fused-ring (bicyclic) bond motifs is 2. The molecular weight excluding hydrogens is 471 g/mol. The van der Waals surface area contributed by atoms with Gasteiger partial charge >= 0.3 is 0 Å². The number of amides is 1. The summed E-state index contributed by atoms with van der Waals surface area (Å²) in [7, 11) is 0. The number of carbonyl (C=O) groups is 1. The number of ether oxygens (including phenoxy) is 1. The number of para-hydroxylation sites is 1. The molecule has 0 saturated heterocycles. The van der Waals surface area contributed by atoms with Crippen LogP contribution in [0, 0.1) is 5.82 Å². The van der Waals surface area contributed by atoms with Crippen molar-refractivity contribution in [1.29, 1.82) is 0 Å². The van der Waals surface area contributed by atoms with E-state index in [0.717, 1.165) is 33.5 Å². The first kappa shape index (κ1) is 19.4. The molecule has 3 aromatic rings. The molecule has 0 fully saturated rings. The van der Waals surface area contributed by atoms with Crippen molar-refractivity contribution in [2.45, 2.75) is 18.5 Å². The Labute approximate surface area is 186 Å². The number of rotatable bonds is 3. The summed E-state index contributed by atoms with van der Waals surface area (Å²) in [6.07, 6.45) is 0.783. The third-order valence-electron chi connectivity index (χ3n) is 5.51. The molecule has 5 rings (SSSR count). The van der Waals surface area contributed by atoms with Gasteiger partial charge in [0.1, 0.15) is 11.6 Å². The fraction of sp³-hybridized carbons (Fsp3) is 0.174. The minimum absolute atomic E-state index is 0.0210. The Morgan fingerprint density at radius 3 is 2.83 bits per heavy atom. The predicted octanol–water partition coefficient (Wildman–Crippen LogP) is 6.01. The Bertz CT molecular complexity index is 1170. The molecule has 0 radical (unpaired) electrons. The highest BCUT2D eigenvalue weighted by Crippen LogP contribution is 2.43. The molecular formula is C23H17BrClFN2O2. The summed E-state index contributed by atoms with van der Waals surface area (Å²) >= 11 is 9.88. The number of benzene rings is 3. The van der Waals surface area contributed by atoms with Crippen molar-refractivity contribution in [3.8, 4) is 5.75 Å². The molecule has 2 aliphatic rings. The normalized spacial score (nSPS) is 19.5. The average molecular weight is 488 g/mol. The maximum absolute atomic E-state index is 14.0. The number of anilines is 1. The van der Waals surface area contributed by atoms with Crippen molar-refractivity contribution < 1.29 is 13.9 Å². The third-order valence-corrected chi connectivity index (χ3v) is 6.31. The van der Waals surface area contributed by atoms with E-state index >= 15 is 0 Å². The number of carbonyl (C=O) groups excluding carboxylic acids is 1. The number of nitrogens with one attached hydrogen (secondary N) is 2. The molecule has 0 saturated carbocycles. The first-order chi connectivity index (χ1) is 14.5. The highest BCUT2D eigenvalue weighted by molar-refractivity contribution is 9.10. The van der Waals surface area contributed by atoms with Crippen LogP contribution in [0.4, 0.5) is 10.1 Å². The third kappa shape index (κ3) is 3.34. The summed E-state index contributed by atoms with van der Waals surface area (Å²) in [5, 5.41) is 6.95. The van der Waals surface area contributed by atoms with Crippen LogP contribution in [0.1, 0.15) is 45.6 Å². The van der Waals surface area contributed by atoms with Crippen molar-refractivity contribution in [3.63, 3.8) is 0 Å². The smallest absolute Gasteiger partial charge is 0.252 e. The van der Waals surface area contributed by atoms with Gasteiger partial charge in [-0.15, -0.1) is 0 Å². The van der Waals surface area contributed by atoms with Gasteiger partial charge < -0.3 is 15.4 Å². The molecule has 4 nitrogen and oxygen atoms in total. The van der Waals surface area contributed by atoms with Gasteiger partial charge in [-0.3, -0.25) is 4.79 Å². The first-order valence-corrected chi connectivity index (χ1v) is 10.8. The van der Waals surface area contributed by atoms with Gasteiger partial charge in [-0.25, -0.2) is 4.39 Å². The van der Waals surface area contributed by atoms with E-state index in [1.54, 1.807) is 6.07 Å². The maximum Gasteiger partial charge on any atom is 0.252 e. The summed E-state index contributed by atoms with van der Waals surface area (Å²) in [5.41, 5.74) is 3.69. The molecule has 152 valence electrons. The van der Waals surface area contributed by atoms with Gasteiger partial charge in [0.15, 0.2) is 0 Å². The molecule has 2 heterocycles. The molecule has 2 unspecified atom stereocenters. The second-order valence-electron chi connectivity index (χ2n) is 7.36. The van der Waals surface area contributed by atoms with Crippen molar-refractivity contribution in [2.75, 3.05) is 11.9 Å². The highest BCUT2D eigenvalue weighted by atomic mass is 79.9. The van der Waals surface area contributed by atoms with Crippen molar-refractivity contribution in [1.82, 2.24) is 5.32 Å². The van der Waals surface area contributed by atoms with E-state index in [2.05, 4.69) is 26.6 Å². The van der Waals surface area contributed by atoms with Crippen LogP contribution in [0.25, 0.3) is 0 Å². The quantitative estimate of drug-likeness (QED) is 0.476. The molecule has 0 aromatic heterocycles. The first-order valence-electron chi connectivity index (χ1n) is 9.59. The SMILES string of the molecule is O=C1NC(c2cc(F)ccc2Cl)c2c(NC3CCOc4ccccc43)cc(Br)cc21. The van der Waals surface area contributed by atoms with Crippen molar-refractivity contribution in [3.05, 3.63) is 92.2 Å². The summed E-state index contributed by atoms with van der Waals surface area (Å²) in [5.74, 6) is 0.237. The lowest BCUT2D eigenvalue weighted by atomic mass is 9.94. The second-order valence-corrected chi connectivity index (χ2v) is 8.68. The standard InChI is InChI=1S/C23H17BrClFN2O2/c24-12-9-16-21(22(28-23(16)29)15-11-13(26)5-6-17(15)25)19(10-12)27-18-7-8-30-20-4-2-1-3-14(18)20/h1-6,9-11,18,22,27H,7-8H2,(H,28,29). The van der Waals surface area contributed by atoms with Crippen molar-refractivity contribution in [2.24, 2.45) is 0 Å². The molecule has 2 N–H and O–H groups in total. The van der Waals surface area contributed by atoms with Gasteiger partial charge in [-0.1, -0.05) is 45.7 Å². The Kier molecular flexibility index (Phi) is 4.91. The topological polar surface area (TPSA) is 50.4 Å². The zero-order valence-electron chi connectivity index (χ0n) is 15.7. The molecule has 1 amide bonds. The van der Waals surface area contributed by atoms with E-state index in [1.807, 2.05) is 30.3 Å². The summed E-state index contributed by atoms with van der Waals surface area (Å²) in [6, 6.07) is 15.3. The molecule has 0 bridgehead atoms. The van der Waals surface area contributed by atoms with Gasteiger partial charge in [-0.2, -0.15) is 0 Å². The lowest BCUT2D eigenvalue weighted by Gasteiger charge is -2.29. The molecule has 0 spiro atoms. The minimum Gasteiger partial charge on any atom is -0.493 e. The van der Waals surface area contributed by atoms with Gasteiger partial charge in [0.05, 0.1) is 18.7 Å². The van der Waals surface area contributed by atoms with E-state index in [1.165, 1.54) is 18.2 Å². The van der Waals surface area contributed by atoms with E-state index in [0.29, 0.717) is 22.8 Å². The summed E-state index contributed by atoms with van der Waals surface area (Å²) < 4.78 is 20.5. The fourth-order valence-corrected chi connectivity index (χ4v) is 4.85. The molecule has 2 aliphatic heterocycles. The van der Waals surface area contributed by atoms with E-state index < -0.39 is 11.9 Å². The molecule has 2 atom stereocenters. The van der Waals surface area contributed by atoms with Crippen LogP contribution in [0.15, 0.2) is 59.1 Å². The van der Waals surface area contributed by atoms with Crippen molar-refractivity contribution >= 4 is 39.1 Å². The largest absolute Gasteiger partial charge is 0.493 e. The minimum atomic E-state index is -0.540. The van der Waals surface area contributed by atoms with Crippen LogP contribution in [-0.4, -0.2) is 12.5 Å². The highest BCUT2D eigenvalue weighted by Gasteiger charge is 2.35. The molecule has 0 aliphatic carbocycles. The number of hydrogen-bond donors (Lipinski definition) is 2. The average Bonchev–Trinajstić information content (AvgIpc) is 3.06. The maximum atomic E-state index is 14.0. The summed E-state index contributed by atoms with van der Waals surface area (Å²) in [4.78, 5) is 12.7. The monoisotopic (exact) mass is 486 g/mol. The van der Waals surface area contributed by atoms with Gasteiger partial charge in [0, 0.05) is 43.9 Å². The molecule has 3 aromatic carbocycles. The Hall–Kier alpha value is -2.57. The van der Waals surface area contributed by atoms with Crippen LogP contribution in [0.3, 0.4) is 0 Å². The number of halogens is 3. The number of hydrogen-bond acceptors (Lipinski definition) is 3. The fourth-order valence-electron chi connectivity index (χ4n) is 4.17. The van der Waals surface area contributed by atoms with E-state index in [9.17, 15) is 9.18 Å². The zero-order valence-corrected chi connectivity index (χ0v) is 18.1. The zero-order chi connectivity index (χ0) is 20.8. The van der Waals surface area contributed by atoms with Gasteiger partial charge in [0.2, 0.25) is 0 Å². The van der Waals surface area contributed by atoms with E-state index in [-0.39, 0.29) is 11.9 Å². The Morgan fingerprint density at radius 2 is 1.97 bits per heavy atom. The van der Waals surface area contributed by atoms with Gasteiger partial charge in [0.25, 0.3) is 5.91 Å². The predicted molar refractivity (Wildman–Crippen MR) is 118 cm³/mol. The Balaban J connectivity index is 1.61. The molecule has 7 heteroatoms. The lowest BCUT2D eigenvalue weighted by Crippen LogP contribution is -2.22. The summed E-state index contributed by atoms with van der Waals surface area (Å²) in [6.45, 7) is 0.598.